The van der Waals surface area contributed by atoms with Gasteiger partial charge in [0.15, 0.2) is 5.78 Å². The summed E-state index contributed by atoms with van der Waals surface area (Å²) < 4.78 is 7.51. The van der Waals surface area contributed by atoms with E-state index in [-0.39, 0.29) is 66.4 Å². The van der Waals surface area contributed by atoms with Crippen molar-refractivity contribution in [3.8, 4) is 5.75 Å². The van der Waals surface area contributed by atoms with Crippen LogP contribution in [-0.2, 0) is 27.5 Å². The van der Waals surface area contributed by atoms with Crippen molar-refractivity contribution >= 4 is 40.9 Å². The highest BCUT2D eigenvalue weighted by Crippen LogP contribution is 2.35. The number of likely N-dealkylation sites (tertiary alicyclic amines) is 1. The number of amides is 4. The van der Waals surface area contributed by atoms with Crippen molar-refractivity contribution in [3.63, 3.8) is 0 Å². The highest BCUT2D eigenvalue weighted by molar-refractivity contribution is 6.25. The number of pyridine rings is 1. The molecule has 2 aromatic carbocycles. The zero-order valence-electron chi connectivity index (χ0n) is 29.1. The number of piperazine rings is 1. The third-order valence-electron chi connectivity index (χ3n) is 10.1. The summed E-state index contributed by atoms with van der Waals surface area (Å²) >= 11 is 0. The molecule has 3 N–H and O–H groups in total. The topological polar surface area (TPSA) is 192 Å². The lowest BCUT2D eigenvalue weighted by molar-refractivity contribution is -0.136. The first-order chi connectivity index (χ1) is 26.2. The number of anilines is 2. The van der Waals surface area contributed by atoms with Crippen LogP contribution in [0, 0.1) is 0 Å². The van der Waals surface area contributed by atoms with Crippen molar-refractivity contribution in [1.82, 2.24) is 35.1 Å². The van der Waals surface area contributed by atoms with Gasteiger partial charge in [0, 0.05) is 56.1 Å². The highest BCUT2D eigenvalue weighted by atomic mass is 16.5. The van der Waals surface area contributed by atoms with Crippen molar-refractivity contribution in [2.45, 2.75) is 50.5 Å². The molecule has 0 spiro atoms. The molecule has 1 unspecified atom stereocenters. The molecule has 16 heteroatoms. The molecule has 2 bridgehead atoms. The van der Waals surface area contributed by atoms with Crippen molar-refractivity contribution in [3.05, 3.63) is 107 Å². The van der Waals surface area contributed by atoms with Crippen LogP contribution in [0.2, 0.25) is 0 Å². The summed E-state index contributed by atoms with van der Waals surface area (Å²) in [6, 6.07) is 16.9. The first-order valence-corrected chi connectivity index (χ1v) is 17.8. The Morgan fingerprint density at radius 2 is 1.83 bits per heavy atom. The molecule has 3 fully saturated rings. The molecule has 4 aliphatic rings. The van der Waals surface area contributed by atoms with Crippen LogP contribution in [0.3, 0.4) is 0 Å². The second-order valence-electron chi connectivity index (χ2n) is 13.6. The minimum absolute atomic E-state index is 0.0242. The van der Waals surface area contributed by atoms with E-state index in [1.54, 1.807) is 47.3 Å². The summed E-state index contributed by atoms with van der Waals surface area (Å²) in [7, 11) is 0. The fourth-order valence-electron chi connectivity index (χ4n) is 7.56. The normalized spacial score (nSPS) is 20.7. The van der Waals surface area contributed by atoms with Gasteiger partial charge in [-0.05, 0) is 49.2 Å². The molecule has 3 saturated heterocycles. The van der Waals surface area contributed by atoms with Crippen LogP contribution in [0.25, 0.3) is 0 Å². The Labute approximate surface area is 309 Å². The first kappa shape index (κ1) is 34.7. The summed E-state index contributed by atoms with van der Waals surface area (Å²) in [6.07, 6.45) is 6.28. The van der Waals surface area contributed by atoms with Gasteiger partial charge in [-0.2, -0.15) is 0 Å². The van der Waals surface area contributed by atoms with Gasteiger partial charge in [0.25, 0.3) is 11.8 Å². The average Bonchev–Trinajstić information content (AvgIpc) is 3.95. The number of nitrogens with zero attached hydrogens (tertiary/aromatic N) is 7. The van der Waals surface area contributed by atoms with Crippen LogP contribution in [-0.4, -0.2) is 109 Å². The van der Waals surface area contributed by atoms with Crippen molar-refractivity contribution < 1.29 is 33.8 Å². The molecule has 54 heavy (non-hydrogen) atoms. The van der Waals surface area contributed by atoms with E-state index in [2.05, 4.69) is 30.7 Å². The number of piperidine rings is 1. The van der Waals surface area contributed by atoms with Gasteiger partial charge < -0.3 is 25.0 Å². The Kier molecular flexibility index (Phi) is 9.33. The predicted molar refractivity (Wildman–Crippen MR) is 192 cm³/mol. The summed E-state index contributed by atoms with van der Waals surface area (Å²) in [5.74, 6) is -1.57. The number of ether oxygens (including phenoxy) is 1. The van der Waals surface area contributed by atoms with Crippen LogP contribution < -0.4 is 15.5 Å². The van der Waals surface area contributed by atoms with E-state index in [0.29, 0.717) is 24.5 Å². The Morgan fingerprint density at radius 1 is 0.981 bits per heavy atom. The van der Waals surface area contributed by atoms with Crippen LogP contribution in [0.1, 0.15) is 61.7 Å². The van der Waals surface area contributed by atoms with Crippen molar-refractivity contribution in [1.29, 1.82) is 0 Å². The summed E-state index contributed by atoms with van der Waals surface area (Å²) in [5.41, 5.74) is 2.61. The number of ketones is 1. The molecule has 3 atom stereocenters. The van der Waals surface area contributed by atoms with Gasteiger partial charge in [-0.25, -0.2) is 9.67 Å². The quantitative estimate of drug-likeness (QED) is 0.0785. The molecule has 16 nitrogen and oxygen atoms in total. The number of allylic oxidation sites excluding steroid dienone is 1. The van der Waals surface area contributed by atoms with Gasteiger partial charge in [0.2, 0.25) is 11.8 Å². The third-order valence-corrected chi connectivity index (χ3v) is 10.1. The summed E-state index contributed by atoms with van der Waals surface area (Å²) in [4.78, 5) is 73.3. The number of imide groups is 2. The highest BCUT2D eigenvalue weighted by Gasteiger charge is 2.46. The lowest BCUT2D eigenvalue weighted by Gasteiger charge is -2.34. The molecule has 0 aliphatic carbocycles. The summed E-state index contributed by atoms with van der Waals surface area (Å²) in [6.45, 7) is 2.81. The zero-order chi connectivity index (χ0) is 37.3. The molecule has 4 aromatic rings. The molecular weight excluding hydrogens is 694 g/mol. The lowest BCUT2D eigenvalue weighted by atomic mass is 10.0. The van der Waals surface area contributed by atoms with Gasteiger partial charge in [-0.15, -0.1) is 5.10 Å². The fourth-order valence-corrected chi connectivity index (χ4v) is 7.56. The number of aromatic hydroxyl groups is 1. The van der Waals surface area contributed by atoms with Crippen LogP contribution >= 0.6 is 0 Å². The van der Waals surface area contributed by atoms with Gasteiger partial charge in [-0.3, -0.25) is 34.2 Å². The van der Waals surface area contributed by atoms with Crippen molar-refractivity contribution in [2.24, 2.45) is 0 Å². The van der Waals surface area contributed by atoms with E-state index in [1.165, 1.54) is 12.1 Å². The van der Waals surface area contributed by atoms with E-state index in [1.807, 2.05) is 24.4 Å². The molecule has 6 heterocycles. The maximum atomic E-state index is 13.3. The minimum atomic E-state index is -1.03. The van der Waals surface area contributed by atoms with E-state index in [0.717, 1.165) is 35.9 Å². The van der Waals surface area contributed by atoms with Gasteiger partial charge in [-0.1, -0.05) is 29.5 Å². The zero-order valence-corrected chi connectivity index (χ0v) is 29.1. The van der Waals surface area contributed by atoms with Crippen molar-refractivity contribution in [2.75, 3.05) is 36.5 Å². The number of carbonyl (C=O) groups is 5. The smallest absolute Gasteiger partial charge is 0.264 e. The molecule has 0 radical (unpaired) electrons. The van der Waals surface area contributed by atoms with Gasteiger partial charge in [0.05, 0.1) is 48.3 Å². The Morgan fingerprint density at radius 3 is 2.65 bits per heavy atom. The minimum Gasteiger partial charge on any atom is -0.507 e. The number of rotatable bonds is 13. The van der Waals surface area contributed by atoms with Crippen LogP contribution in [0.4, 0.5) is 11.5 Å². The van der Waals surface area contributed by atoms with Gasteiger partial charge >= 0.3 is 0 Å². The average molecular weight is 732 g/mol. The number of nitrogens with one attached hydrogen (secondary N) is 2. The molecule has 4 amide bonds. The second-order valence-corrected chi connectivity index (χ2v) is 13.6. The number of aromatic nitrogens is 4. The van der Waals surface area contributed by atoms with Crippen LogP contribution in [0.15, 0.2) is 79.1 Å². The summed E-state index contributed by atoms with van der Waals surface area (Å²) in [5, 5.41) is 23.8. The fraction of sp³-hybridized carbons (Fsp3) is 0.316. The number of hydrogen-bond acceptors (Lipinski definition) is 13. The van der Waals surface area contributed by atoms with E-state index >= 15 is 0 Å². The van der Waals surface area contributed by atoms with E-state index in [4.69, 9.17) is 9.72 Å². The standard InChI is InChI=1S/C38H37N9O7/c48-31-9-2-1-6-27(31)32(49)13-15-44-20-26-17-25(44)21-46(26)33-10-3-5-23(40-33)18-45-19-24(42-43-45)22-54-16-14-39-29-8-4-7-28-35(29)38(53)47(37(28)52)30-11-12-34(50)41-36(30)51/h1-10,13,15,19,25-26,30,39,48H,11-12,14,16-18,20-22H2,(H,41,50,51)/b15-13+/t25-,26-,30?/m1/s1. The molecule has 276 valence electrons. The molecule has 2 aromatic heterocycles. The predicted octanol–water partition coefficient (Wildman–Crippen LogP) is 2.12. The Bertz CT molecular complexity index is 2180. The number of carbonyl (C=O) groups excluding carboxylic acids is 5. The number of phenolic OH excluding ortho intramolecular Hbond substituents is 1. The largest absolute Gasteiger partial charge is 0.507 e. The van der Waals surface area contributed by atoms with E-state index < -0.39 is 29.7 Å². The lowest BCUT2D eigenvalue weighted by Crippen LogP contribution is -2.54. The molecule has 4 aliphatic heterocycles. The monoisotopic (exact) mass is 731 g/mol. The first-order valence-electron chi connectivity index (χ1n) is 17.8. The molecule has 8 rings (SSSR count). The van der Waals surface area contributed by atoms with E-state index in [9.17, 15) is 29.1 Å². The maximum absolute atomic E-state index is 13.3. The number of benzene rings is 2. The Hall–Kier alpha value is -6.42. The number of fused-ring (bicyclic) bond motifs is 3. The van der Waals surface area contributed by atoms with Crippen LogP contribution in [0.5, 0.6) is 5.75 Å². The molecular formula is C38H37N9O7. The number of phenols is 1. The third kappa shape index (κ3) is 6.78. The van der Waals surface area contributed by atoms with Gasteiger partial charge in [0.1, 0.15) is 23.3 Å². The second kappa shape index (κ2) is 14.5. The number of para-hydroxylation sites is 1. The Balaban J connectivity index is 0.802. The maximum Gasteiger partial charge on any atom is 0.264 e. The molecule has 0 saturated carbocycles. The number of hydrogen-bond donors (Lipinski definition) is 3. The SMILES string of the molecule is O=C1CCC(N2C(=O)c3cccc(NCCOCc4cn(Cc5cccc(N6C[C@H]7C[C@@H]6CN7/C=C/C(=O)c6ccccc6O)n5)nn4)c3C2=O)C(=O)N1.